The van der Waals surface area contributed by atoms with E-state index in [4.69, 9.17) is 9.47 Å². The van der Waals surface area contributed by atoms with Crippen LogP contribution in [0.25, 0.3) is 0 Å². The molecule has 4 fully saturated rings. The third-order valence-corrected chi connectivity index (χ3v) is 9.68. The van der Waals surface area contributed by atoms with Crippen molar-refractivity contribution in [1.82, 2.24) is 0 Å². The zero-order chi connectivity index (χ0) is 21.8. The molecule has 2 aliphatic heterocycles. The topological polar surface area (TPSA) is 27.3 Å². The van der Waals surface area contributed by atoms with E-state index in [2.05, 4.69) is 0 Å². The van der Waals surface area contributed by atoms with E-state index in [-0.39, 0.29) is 0 Å². The Kier molecular flexibility index (Phi) is 11.1. The lowest BCUT2D eigenvalue weighted by Gasteiger charge is -2.35. The Balaban J connectivity index is 0.939. The van der Waals surface area contributed by atoms with Crippen molar-refractivity contribution in [2.24, 2.45) is 23.7 Å². The van der Waals surface area contributed by atoms with Gasteiger partial charge in [0.1, 0.15) is 13.1 Å². The van der Waals surface area contributed by atoms with Crippen LogP contribution in [0.4, 0.5) is 0 Å². The summed E-state index contributed by atoms with van der Waals surface area (Å²) in [5.41, 5.74) is 0. The molecular weight excluding hydrogens is 396 g/mol. The summed E-state index contributed by atoms with van der Waals surface area (Å²) in [6, 6.07) is 0. The van der Waals surface area contributed by atoms with Gasteiger partial charge in [0.05, 0.1) is 52.6 Å². The Bertz CT molecular complexity index is 430. The molecule has 2 N–H and O–H groups in total. The van der Waals surface area contributed by atoms with E-state index in [0.29, 0.717) is 0 Å². The van der Waals surface area contributed by atoms with Crippen molar-refractivity contribution in [3.8, 4) is 0 Å². The molecule has 0 atom stereocenters. The van der Waals surface area contributed by atoms with Gasteiger partial charge in [0.25, 0.3) is 0 Å². The first-order valence-electron chi connectivity index (χ1n) is 14.7. The van der Waals surface area contributed by atoms with Crippen molar-refractivity contribution in [2.75, 3.05) is 65.7 Å². The Morgan fingerprint density at radius 1 is 0.406 bits per heavy atom. The molecule has 0 amide bonds. The molecule has 32 heavy (non-hydrogen) atoms. The van der Waals surface area contributed by atoms with E-state index in [9.17, 15) is 0 Å². The van der Waals surface area contributed by atoms with Crippen molar-refractivity contribution in [3.05, 3.63) is 0 Å². The SMILES string of the molecule is C1CCC(C2CC[NH+](CCOCCOCC[NH+]3CCC(C4CCCCC4)CC3)CC2)CC1. The molecule has 0 radical (unpaired) electrons. The molecule has 0 spiro atoms. The van der Waals surface area contributed by atoms with Gasteiger partial charge in [-0.3, -0.25) is 0 Å². The number of rotatable bonds is 11. The fraction of sp³-hybridized carbons (Fsp3) is 1.00. The van der Waals surface area contributed by atoms with Crippen LogP contribution in [0.1, 0.15) is 89.9 Å². The van der Waals surface area contributed by atoms with Gasteiger partial charge in [-0.05, 0) is 49.4 Å². The summed E-state index contributed by atoms with van der Waals surface area (Å²) in [6.07, 6.45) is 20.9. The van der Waals surface area contributed by atoms with Gasteiger partial charge in [0, 0.05) is 0 Å². The number of hydrogen-bond acceptors (Lipinski definition) is 2. The minimum absolute atomic E-state index is 0.775. The second-order valence-electron chi connectivity index (χ2n) is 11.7. The van der Waals surface area contributed by atoms with Crippen LogP contribution >= 0.6 is 0 Å². The van der Waals surface area contributed by atoms with Gasteiger partial charge in [0.2, 0.25) is 0 Å². The third-order valence-electron chi connectivity index (χ3n) is 9.68. The highest BCUT2D eigenvalue weighted by molar-refractivity contribution is 4.76. The largest absolute Gasteiger partial charge is 0.373 e. The van der Waals surface area contributed by atoms with Gasteiger partial charge in [-0.25, -0.2) is 0 Å². The summed E-state index contributed by atoms with van der Waals surface area (Å²) in [6.45, 7) is 11.3. The average Bonchev–Trinajstić information content (AvgIpc) is 2.87. The predicted octanol–water partition coefficient (Wildman–Crippen LogP) is 2.77. The molecule has 2 aliphatic carbocycles. The van der Waals surface area contributed by atoms with Crippen LogP contribution in [0.3, 0.4) is 0 Å². The number of likely N-dealkylation sites (tertiary alicyclic amines) is 2. The zero-order valence-corrected chi connectivity index (χ0v) is 21.1. The molecule has 2 saturated heterocycles. The lowest BCUT2D eigenvalue weighted by atomic mass is 9.76. The van der Waals surface area contributed by atoms with Crippen molar-refractivity contribution >= 4 is 0 Å². The Morgan fingerprint density at radius 2 is 0.750 bits per heavy atom. The van der Waals surface area contributed by atoms with Crippen LogP contribution < -0.4 is 9.80 Å². The fourth-order valence-electron chi connectivity index (χ4n) is 7.51. The van der Waals surface area contributed by atoms with Gasteiger partial charge in [-0.2, -0.15) is 0 Å². The van der Waals surface area contributed by atoms with E-state index in [1.807, 2.05) is 0 Å². The molecule has 0 unspecified atom stereocenters. The van der Waals surface area contributed by atoms with E-state index in [1.54, 1.807) is 9.80 Å². The van der Waals surface area contributed by atoms with Crippen molar-refractivity contribution < 1.29 is 19.3 Å². The predicted molar refractivity (Wildman–Crippen MR) is 131 cm³/mol. The van der Waals surface area contributed by atoms with Gasteiger partial charge in [-0.15, -0.1) is 0 Å². The molecule has 0 aromatic carbocycles. The van der Waals surface area contributed by atoms with E-state index < -0.39 is 0 Å². The molecular formula is C28H54N2O2+2. The summed E-state index contributed by atoms with van der Waals surface area (Å²) in [7, 11) is 0. The molecule has 4 aliphatic rings. The highest BCUT2D eigenvalue weighted by Crippen LogP contribution is 2.34. The summed E-state index contributed by atoms with van der Waals surface area (Å²) in [5, 5.41) is 0. The lowest BCUT2D eigenvalue weighted by Crippen LogP contribution is -3.13. The van der Waals surface area contributed by atoms with Crippen molar-refractivity contribution in [3.63, 3.8) is 0 Å². The average molecular weight is 451 g/mol. The number of piperidine rings is 2. The highest BCUT2D eigenvalue weighted by atomic mass is 16.5. The molecule has 186 valence electrons. The summed E-state index contributed by atoms with van der Waals surface area (Å²) >= 11 is 0. The monoisotopic (exact) mass is 450 g/mol. The van der Waals surface area contributed by atoms with Gasteiger partial charge in [0.15, 0.2) is 0 Å². The molecule has 4 rings (SSSR count). The van der Waals surface area contributed by atoms with Crippen LogP contribution in [-0.2, 0) is 9.47 Å². The smallest absolute Gasteiger partial charge is 0.101 e. The van der Waals surface area contributed by atoms with Crippen LogP contribution in [0.5, 0.6) is 0 Å². The molecule has 4 heteroatoms. The third kappa shape index (κ3) is 8.25. The van der Waals surface area contributed by atoms with E-state index in [1.165, 1.54) is 129 Å². The van der Waals surface area contributed by atoms with E-state index in [0.717, 1.165) is 50.1 Å². The minimum atomic E-state index is 0.775. The Hall–Kier alpha value is -0.160. The number of quaternary nitrogens is 2. The summed E-state index contributed by atoms with van der Waals surface area (Å²) < 4.78 is 11.8. The maximum Gasteiger partial charge on any atom is 0.101 e. The maximum atomic E-state index is 5.90. The Morgan fingerprint density at radius 3 is 1.12 bits per heavy atom. The standard InChI is InChI=1S/C28H52N2O2/c1-3-7-25(8-4-1)27-11-15-29(16-12-27)19-21-31-23-24-32-22-20-30-17-13-28(14-18-30)26-9-5-2-6-10-26/h25-28H,1-24H2/p+2. The molecule has 0 aromatic heterocycles. The second kappa shape index (κ2) is 14.3. The second-order valence-corrected chi connectivity index (χ2v) is 11.7. The number of ether oxygens (including phenoxy) is 2. The number of hydrogen-bond donors (Lipinski definition) is 2. The molecule has 2 saturated carbocycles. The van der Waals surface area contributed by atoms with E-state index >= 15 is 0 Å². The number of nitrogens with one attached hydrogen (secondary N) is 2. The van der Waals surface area contributed by atoms with Gasteiger partial charge >= 0.3 is 0 Å². The molecule has 0 bridgehead atoms. The summed E-state index contributed by atoms with van der Waals surface area (Å²) in [4.78, 5) is 3.55. The minimum Gasteiger partial charge on any atom is -0.373 e. The first kappa shape index (κ1) is 24.9. The summed E-state index contributed by atoms with van der Waals surface area (Å²) in [5.74, 6) is 4.19. The Labute approximate surface area is 198 Å². The first-order chi connectivity index (χ1) is 15.9. The van der Waals surface area contributed by atoms with Crippen LogP contribution in [0.15, 0.2) is 0 Å². The maximum absolute atomic E-state index is 5.90. The fourth-order valence-corrected chi connectivity index (χ4v) is 7.51. The lowest BCUT2D eigenvalue weighted by molar-refractivity contribution is -0.907. The molecule has 2 heterocycles. The van der Waals surface area contributed by atoms with Crippen LogP contribution in [-0.4, -0.2) is 65.7 Å². The first-order valence-corrected chi connectivity index (χ1v) is 14.7. The van der Waals surface area contributed by atoms with Crippen molar-refractivity contribution in [2.45, 2.75) is 89.9 Å². The quantitative estimate of drug-likeness (QED) is 0.474. The normalized spacial score (nSPS) is 33.4. The van der Waals surface area contributed by atoms with Gasteiger partial charge < -0.3 is 19.3 Å². The molecule has 0 aromatic rings. The van der Waals surface area contributed by atoms with Crippen LogP contribution in [0.2, 0.25) is 0 Å². The highest BCUT2D eigenvalue weighted by Gasteiger charge is 2.30. The van der Waals surface area contributed by atoms with Crippen molar-refractivity contribution in [1.29, 1.82) is 0 Å². The van der Waals surface area contributed by atoms with Crippen LogP contribution in [0, 0.1) is 23.7 Å². The molecule has 4 nitrogen and oxygen atoms in total. The zero-order valence-electron chi connectivity index (χ0n) is 21.1. The van der Waals surface area contributed by atoms with Gasteiger partial charge in [-0.1, -0.05) is 64.2 Å².